The van der Waals surface area contributed by atoms with Crippen molar-refractivity contribution in [2.24, 2.45) is 23.7 Å². The minimum absolute atomic E-state index is 0.109. The second-order valence-electron chi connectivity index (χ2n) is 6.63. The van der Waals surface area contributed by atoms with E-state index in [1.807, 2.05) is 0 Å². The minimum atomic E-state index is -0.878. The summed E-state index contributed by atoms with van der Waals surface area (Å²) in [6.07, 6.45) is 2.64. The van der Waals surface area contributed by atoms with Crippen LogP contribution >= 0.6 is 0 Å². The van der Waals surface area contributed by atoms with E-state index < -0.39 is 17.8 Å². The number of carbonyl (C=O) groups excluding carboxylic acids is 1. The van der Waals surface area contributed by atoms with Crippen LogP contribution in [0.25, 0.3) is 0 Å². The standard InChI is InChI=1S/C18H23NO6/c1-23-12-7-11(8-13(24-2)16(12)25-3)19-17(20)14-9-4-5-10(6-9)15(14)18(21)22/h7-10,14-15H,4-6H2,1-3H3,(H,19,20)(H,21,22). The summed E-state index contributed by atoms with van der Waals surface area (Å²) >= 11 is 0. The van der Waals surface area contributed by atoms with E-state index in [1.165, 1.54) is 21.3 Å². The van der Waals surface area contributed by atoms with Crippen molar-refractivity contribution in [1.29, 1.82) is 0 Å². The molecular weight excluding hydrogens is 326 g/mol. The average molecular weight is 349 g/mol. The van der Waals surface area contributed by atoms with E-state index >= 15 is 0 Å². The van der Waals surface area contributed by atoms with Gasteiger partial charge < -0.3 is 24.6 Å². The molecule has 0 spiro atoms. The van der Waals surface area contributed by atoms with Crippen LogP contribution in [0.2, 0.25) is 0 Å². The molecule has 0 aliphatic heterocycles. The van der Waals surface area contributed by atoms with Crippen LogP contribution in [0, 0.1) is 23.7 Å². The number of fused-ring (bicyclic) bond motifs is 2. The first-order valence-electron chi connectivity index (χ1n) is 8.33. The van der Waals surface area contributed by atoms with Crippen LogP contribution in [0.1, 0.15) is 19.3 Å². The second kappa shape index (κ2) is 6.82. The van der Waals surface area contributed by atoms with Gasteiger partial charge in [-0.2, -0.15) is 0 Å². The Balaban J connectivity index is 1.84. The Morgan fingerprint density at radius 1 is 1.00 bits per heavy atom. The maximum atomic E-state index is 12.8. The van der Waals surface area contributed by atoms with Gasteiger partial charge >= 0.3 is 5.97 Å². The Bertz CT molecular complexity index is 663. The number of hydrogen-bond acceptors (Lipinski definition) is 5. The lowest BCUT2D eigenvalue weighted by molar-refractivity contribution is -0.148. The van der Waals surface area contributed by atoms with Gasteiger partial charge in [0.1, 0.15) is 0 Å². The lowest BCUT2D eigenvalue weighted by Crippen LogP contribution is -2.37. The molecule has 1 amide bonds. The van der Waals surface area contributed by atoms with Crippen molar-refractivity contribution in [3.05, 3.63) is 12.1 Å². The lowest BCUT2D eigenvalue weighted by atomic mass is 9.78. The van der Waals surface area contributed by atoms with E-state index in [1.54, 1.807) is 12.1 Å². The van der Waals surface area contributed by atoms with E-state index in [0.717, 1.165) is 19.3 Å². The highest BCUT2D eigenvalue weighted by molar-refractivity contribution is 5.96. The SMILES string of the molecule is COc1cc(NC(=O)C2C3CCC(C3)C2C(=O)O)cc(OC)c1OC. The number of anilines is 1. The molecule has 2 saturated carbocycles. The van der Waals surface area contributed by atoms with Gasteiger partial charge in [0.2, 0.25) is 11.7 Å². The molecule has 0 aromatic heterocycles. The topological polar surface area (TPSA) is 94.1 Å². The molecule has 0 saturated heterocycles. The predicted octanol–water partition coefficient (Wildman–Crippen LogP) is 2.40. The van der Waals surface area contributed by atoms with Crippen molar-refractivity contribution in [2.45, 2.75) is 19.3 Å². The van der Waals surface area contributed by atoms with Crippen LogP contribution in [0.15, 0.2) is 12.1 Å². The monoisotopic (exact) mass is 349 g/mol. The van der Waals surface area contributed by atoms with Crippen LogP contribution in [0.5, 0.6) is 17.2 Å². The zero-order chi connectivity index (χ0) is 18.1. The number of methoxy groups -OCH3 is 3. The number of aliphatic carboxylic acids is 1. The summed E-state index contributed by atoms with van der Waals surface area (Å²) in [7, 11) is 4.50. The van der Waals surface area contributed by atoms with E-state index in [4.69, 9.17) is 14.2 Å². The van der Waals surface area contributed by atoms with Crippen LogP contribution in [-0.2, 0) is 9.59 Å². The molecule has 7 nitrogen and oxygen atoms in total. The summed E-state index contributed by atoms with van der Waals surface area (Å²) < 4.78 is 15.8. The second-order valence-corrected chi connectivity index (χ2v) is 6.63. The molecule has 3 rings (SSSR count). The summed E-state index contributed by atoms with van der Waals surface area (Å²) in [5.74, 6) is -0.667. The van der Waals surface area contributed by atoms with E-state index in [0.29, 0.717) is 22.9 Å². The summed E-state index contributed by atoms with van der Waals surface area (Å²) in [6.45, 7) is 0. The van der Waals surface area contributed by atoms with Gasteiger partial charge in [0.25, 0.3) is 0 Å². The molecule has 4 atom stereocenters. The Labute approximate surface area is 146 Å². The number of ether oxygens (including phenoxy) is 3. The Kier molecular flexibility index (Phi) is 4.74. The maximum Gasteiger partial charge on any atom is 0.307 e. The average Bonchev–Trinajstić information content (AvgIpc) is 3.21. The van der Waals surface area contributed by atoms with Crippen molar-refractivity contribution in [3.63, 3.8) is 0 Å². The van der Waals surface area contributed by atoms with Crippen molar-refractivity contribution in [1.82, 2.24) is 0 Å². The fourth-order valence-corrected chi connectivity index (χ4v) is 4.40. The molecule has 136 valence electrons. The first-order chi connectivity index (χ1) is 12.0. The predicted molar refractivity (Wildman–Crippen MR) is 90.2 cm³/mol. The largest absolute Gasteiger partial charge is 0.493 e. The molecule has 2 N–H and O–H groups in total. The van der Waals surface area contributed by atoms with Crippen LogP contribution < -0.4 is 19.5 Å². The normalized spacial score (nSPS) is 27.0. The molecule has 0 radical (unpaired) electrons. The zero-order valence-electron chi connectivity index (χ0n) is 14.6. The Hall–Kier alpha value is -2.44. The summed E-state index contributed by atoms with van der Waals surface area (Å²) in [4.78, 5) is 24.4. The molecule has 2 fully saturated rings. The number of nitrogens with one attached hydrogen (secondary N) is 1. The van der Waals surface area contributed by atoms with E-state index in [9.17, 15) is 14.7 Å². The third kappa shape index (κ3) is 2.99. The van der Waals surface area contributed by atoms with Crippen molar-refractivity contribution in [2.75, 3.05) is 26.6 Å². The first kappa shape index (κ1) is 17.4. The van der Waals surface area contributed by atoms with Gasteiger partial charge in [0, 0.05) is 17.8 Å². The molecule has 1 aromatic rings. The molecule has 2 bridgehead atoms. The number of hydrogen-bond donors (Lipinski definition) is 2. The lowest BCUT2D eigenvalue weighted by Gasteiger charge is -2.27. The van der Waals surface area contributed by atoms with E-state index in [2.05, 4.69) is 5.32 Å². The highest BCUT2D eigenvalue weighted by Gasteiger charge is 2.54. The van der Waals surface area contributed by atoms with Gasteiger partial charge in [-0.05, 0) is 31.1 Å². The van der Waals surface area contributed by atoms with Gasteiger partial charge in [-0.1, -0.05) is 0 Å². The van der Waals surface area contributed by atoms with Gasteiger partial charge in [0.15, 0.2) is 11.5 Å². The summed E-state index contributed by atoms with van der Waals surface area (Å²) in [6, 6.07) is 3.28. The minimum Gasteiger partial charge on any atom is -0.493 e. The number of carbonyl (C=O) groups is 2. The fourth-order valence-electron chi connectivity index (χ4n) is 4.40. The fraction of sp³-hybridized carbons (Fsp3) is 0.556. The van der Waals surface area contributed by atoms with Crippen molar-refractivity contribution < 1.29 is 28.9 Å². The number of carboxylic acid groups (broad SMARTS) is 1. The molecule has 25 heavy (non-hydrogen) atoms. The quantitative estimate of drug-likeness (QED) is 0.819. The highest BCUT2D eigenvalue weighted by Crippen LogP contribution is 2.52. The molecule has 0 heterocycles. The first-order valence-corrected chi connectivity index (χ1v) is 8.33. The maximum absolute atomic E-state index is 12.8. The third-order valence-electron chi connectivity index (χ3n) is 5.44. The molecule has 4 unspecified atom stereocenters. The van der Waals surface area contributed by atoms with Crippen molar-refractivity contribution >= 4 is 17.6 Å². The highest BCUT2D eigenvalue weighted by atomic mass is 16.5. The summed E-state index contributed by atoms with van der Waals surface area (Å²) in [5.41, 5.74) is 0.492. The Morgan fingerprint density at radius 3 is 2.04 bits per heavy atom. The zero-order valence-corrected chi connectivity index (χ0v) is 14.6. The number of benzene rings is 1. The van der Waals surface area contributed by atoms with Crippen LogP contribution in [0.3, 0.4) is 0 Å². The van der Waals surface area contributed by atoms with Gasteiger partial charge in [-0.15, -0.1) is 0 Å². The Morgan fingerprint density at radius 2 is 1.56 bits per heavy atom. The number of carboxylic acids is 1. The van der Waals surface area contributed by atoms with Crippen LogP contribution in [0.4, 0.5) is 5.69 Å². The van der Waals surface area contributed by atoms with Gasteiger partial charge in [-0.3, -0.25) is 9.59 Å². The number of rotatable bonds is 6. The number of amides is 1. The van der Waals surface area contributed by atoms with E-state index in [-0.39, 0.29) is 17.7 Å². The van der Waals surface area contributed by atoms with Crippen LogP contribution in [-0.4, -0.2) is 38.3 Å². The summed E-state index contributed by atoms with van der Waals surface area (Å²) in [5, 5.41) is 12.4. The molecule has 2 aliphatic rings. The molecule has 7 heteroatoms. The van der Waals surface area contributed by atoms with Gasteiger partial charge in [0.05, 0.1) is 33.2 Å². The molecule has 2 aliphatic carbocycles. The third-order valence-corrected chi connectivity index (χ3v) is 5.44. The van der Waals surface area contributed by atoms with Gasteiger partial charge in [-0.25, -0.2) is 0 Å². The van der Waals surface area contributed by atoms with Crippen molar-refractivity contribution in [3.8, 4) is 17.2 Å². The molecular formula is C18H23NO6. The smallest absolute Gasteiger partial charge is 0.307 e. The molecule has 1 aromatic carbocycles.